The maximum atomic E-state index is 5.79. The van der Waals surface area contributed by atoms with Gasteiger partial charge in [-0.1, -0.05) is 24.3 Å². The molecule has 3 heterocycles. The number of fused-ring (bicyclic) bond motifs is 1. The van der Waals surface area contributed by atoms with Gasteiger partial charge >= 0.3 is 0 Å². The van der Waals surface area contributed by atoms with Crippen molar-refractivity contribution >= 4 is 17.2 Å². The van der Waals surface area contributed by atoms with Gasteiger partial charge in [0.25, 0.3) is 0 Å². The Hall–Kier alpha value is -3.01. The van der Waals surface area contributed by atoms with E-state index in [0.29, 0.717) is 0 Å². The van der Waals surface area contributed by atoms with Gasteiger partial charge in [-0.3, -0.25) is 4.40 Å². The third kappa shape index (κ3) is 2.38. The molecule has 0 saturated heterocycles. The van der Waals surface area contributed by atoms with E-state index >= 15 is 0 Å². The first-order valence-electron chi connectivity index (χ1n) is 7.59. The van der Waals surface area contributed by atoms with Crippen LogP contribution in [0.1, 0.15) is 11.3 Å². The van der Waals surface area contributed by atoms with Gasteiger partial charge in [-0.05, 0) is 49.7 Å². The number of furan rings is 1. The number of nitrogens with one attached hydrogen (secondary N) is 1. The summed E-state index contributed by atoms with van der Waals surface area (Å²) in [6, 6.07) is 18.1. The molecule has 0 aliphatic heterocycles. The van der Waals surface area contributed by atoms with Crippen LogP contribution in [0.5, 0.6) is 0 Å². The SMILES string of the molecule is Cc1ccc(-c2nc3ccccn3c2Nc2ccccc2C)o1. The predicted molar refractivity (Wildman–Crippen MR) is 92.1 cm³/mol. The molecule has 0 spiro atoms. The van der Waals surface area contributed by atoms with E-state index in [1.165, 1.54) is 5.56 Å². The Bertz CT molecular complexity index is 981. The number of hydrogen-bond donors (Lipinski definition) is 1. The van der Waals surface area contributed by atoms with Crippen molar-refractivity contribution in [2.45, 2.75) is 13.8 Å². The summed E-state index contributed by atoms with van der Waals surface area (Å²) < 4.78 is 7.83. The van der Waals surface area contributed by atoms with Crippen LogP contribution in [0.3, 0.4) is 0 Å². The minimum atomic E-state index is 0.766. The van der Waals surface area contributed by atoms with Crippen molar-refractivity contribution in [1.29, 1.82) is 0 Å². The van der Waals surface area contributed by atoms with Gasteiger partial charge < -0.3 is 9.73 Å². The molecule has 0 radical (unpaired) electrons. The van der Waals surface area contributed by atoms with E-state index in [0.717, 1.165) is 34.4 Å². The van der Waals surface area contributed by atoms with Crippen molar-refractivity contribution in [2.24, 2.45) is 0 Å². The number of pyridine rings is 1. The second kappa shape index (κ2) is 5.32. The molecule has 114 valence electrons. The van der Waals surface area contributed by atoms with E-state index in [-0.39, 0.29) is 0 Å². The van der Waals surface area contributed by atoms with Crippen LogP contribution in [0.2, 0.25) is 0 Å². The Labute approximate surface area is 134 Å². The average Bonchev–Trinajstić information content (AvgIpc) is 3.14. The fraction of sp³-hybridized carbons (Fsp3) is 0.105. The van der Waals surface area contributed by atoms with Crippen LogP contribution in [0.4, 0.5) is 11.5 Å². The molecular weight excluding hydrogens is 286 g/mol. The molecular formula is C19H17N3O. The van der Waals surface area contributed by atoms with Gasteiger partial charge in [-0.25, -0.2) is 4.98 Å². The van der Waals surface area contributed by atoms with Crippen molar-refractivity contribution in [3.05, 3.63) is 72.1 Å². The topological polar surface area (TPSA) is 42.5 Å². The summed E-state index contributed by atoms with van der Waals surface area (Å²) in [6.45, 7) is 4.02. The molecule has 0 amide bonds. The zero-order valence-electron chi connectivity index (χ0n) is 13.1. The molecule has 0 atom stereocenters. The van der Waals surface area contributed by atoms with Crippen molar-refractivity contribution in [2.75, 3.05) is 5.32 Å². The number of imidazole rings is 1. The van der Waals surface area contributed by atoms with E-state index < -0.39 is 0 Å². The number of nitrogens with zero attached hydrogens (tertiary/aromatic N) is 2. The standard InChI is InChI=1S/C19H17N3O/c1-13-7-3-4-8-15(13)20-19-18(16-11-10-14(2)23-16)21-17-9-5-6-12-22(17)19/h3-12,20H,1-2H3. The molecule has 0 saturated carbocycles. The molecule has 4 heteroatoms. The molecule has 0 unspecified atom stereocenters. The number of rotatable bonds is 3. The highest BCUT2D eigenvalue weighted by atomic mass is 16.3. The highest BCUT2D eigenvalue weighted by molar-refractivity contribution is 5.78. The lowest BCUT2D eigenvalue weighted by molar-refractivity contribution is 0.547. The van der Waals surface area contributed by atoms with Gasteiger partial charge in [0.2, 0.25) is 0 Å². The second-order valence-electron chi connectivity index (χ2n) is 5.59. The van der Waals surface area contributed by atoms with Crippen LogP contribution in [0, 0.1) is 13.8 Å². The van der Waals surface area contributed by atoms with Crippen molar-refractivity contribution in [1.82, 2.24) is 9.38 Å². The number of hydrogen-bond acceptors (Lipinski definition) is 3. The Morgan fingerprint density at radius 1 is 0.957 bits per heavy atom. The van der Waals surface area contributed by atoms with Crippen molar-refractivity contribution < 1.29 is 4.42 Å². The molecule has 1 aromatic carbocycles. The molecule has 4 rings (SSSR count). The highest BCUT2D eigenvalue weighted by Gasteiger charge is 2.17. The highest BCUT2D eigenvalue weighted by Crippen LogP contribution is 2.32. The summed E-state index contributed by atoms with van der Waals surface area (Å²) in [5.74, 6) is 2.55. The summed E-state index contributed by atoms with van der Waals surface area (Å²) in [7, 11) is 0. The fourth-order valence-electron chi connectivity index (χ4n) is 2.69. The van der Waals surface area contributed by atoms with Gasteiger partial charge in [0.1, 0.15) is 22.9 Å². The number of aryl methyl sites for hydroxylation is 2. The molecule has 4 aromatic rings. The maximum absolute atomic E-state index is 5.79. The van der Waals surface area contributed by atoms with Crippen LogP contribution in [-0.4, -0.2) is 9.38 Å². The number of para-hydroxylation sites is 1. The average molecular weight is 303 g/mol. The van der Waals surface area contributed by atoms with Crippen LogP contribution in [0.25, 0.3) is 17.1 Å². The Morgan fingerprint density at radius 3 is 2.57 bits per heavy atom. The monoisotopic (exact) mass is 303 g/mol. The normalized spacial score (nSPS) is 11.0. The van der Waals surface area contributed by atoms with E-state index in [2.05, 4.69) is 24.4 Å². The molecule has 1 N–H and O–H groups in total. The number of benzene rings is 1. The van der Waals surface area contributed by atoms with E-state index in [1.807, 2.05) is 60.0 Å². The smallest absolute Gasteiger partial charge is 0.156 e. The number of aromatic nitrogens is 2. The zero-order chi connectivity index (χ0) is 15.8. The minimum absolute atomic E-state index is 0.766. The third-order valence-electron chi connectivity index (χ3n) is 3.90. The third-order valence-corrected chi connectivity index (χ3v) is 3.90. The van der Waals surface area contributed by atoms with Crippen LogP contribution in [0.15, 0.2) is 65.2 Å². The summed E-state index contributed by atoms with van der Waals surface area (Å²) >= 11 is 0. The van der Waals surface area contributed by atoms with Gasteiger partial charge in [-0.2, -0.15) is 0 Å². The lowest BCUT2D eigenvalue weighted by Crippen LogP contribution is -1.98. The first kappa shape index (κ1) is 13.6. The second-order valence-corrected chi connectivity index (χ2v) is 5.59. The lowest BCUT2D eigenvalue weighted by Gasteiger charge is -2.10. The van der Waals surface area contributed by atoms with Crippen LogP contribution >= 0.6 is 0 Å². The van der Waals surface area contributed by atoms with Crippen LogP contribution < -0.4 is 5.32 Å². The summed E-state index contributed by atoms with van der Waals surface area (Å²) in [6.07, 6.45) is 2.00. The van der Waals surface area contributed by atoms with Gasteiger partial charge in [0, 0.05) is 11.9 Å². The molecule has 0 aliphatic carbocycles. The molecule has 4 nitrogen and oxygen atoms in total. The van der Waals surface area contributed by atoms with Gasteiger partial charge in [0.05, 0.1) is 0 Å². The summed E-state index contributed by atoms with van der Waals surface area (Å²) in [5.41, 5.74) is 3.93. The molecule has 23 heavy (non-hydrogen) atoms. The fourth-order valence-corrected chi connectivity index (χ4v) is 2.69. The Morgan fingerprint density at radius 2 is 1.78 bits per heavy atom. The van der Waals surface area contributed by atoms with Gasteiger partial charge in [0.15, 0.2) is 5.76 Å². The Balaban J connectivity index is 1.91. The molecule has 3 aromatic heterocycles. The maximum Gasteiger partial charge on any atom is 0.156 e. The van der Waals surface area contributed by atoms with E-state index in [9.17, 15) is 0 Å². The van der Waals surface area contributed by atoms with E-state index in [1.54, 1.807) is 0 Å². The lowest BCUT2D eigenvalue weighted by atomic mass is 10.2. The van der Waals surface area contributed by atoms with Gasteiger partial charge in [-0.15, -0.1) is 0 Å². The van der Waals surface area contributed by atoms with Crippen molar-refractivity contribution in [3.8, 4) is 11.5 Å². The predicted octanol–water partition coefficient (Wildman–Crippen LogP) is 4.95. The van der Waals surface area contributed by atoms with Crippen molar-refractivity contribution in [3.63, 3.8) is 0 Å². The van der Waals surface area contributed by atoms with E-state index in [4.69, 9.17) is 9.40 Å². The molecule has 0 fully saturated rings. The first-order valence-corrected chi connectivity index (χ1v) is 7.59. The molecule has 0 aliphatic rings. The molecule has 0 bridgehead atoms. The quantitative estimate of drug-likeness (QED) is 0.582. The minimum Gasteiger partial charge on any atom is -0.460 e. The number of anilines is 2. The largest absolute Gasteiger partial charge is 0.460 e. The van der Waals surface area contributed by atoms with Crippen LogP contribution in [-0.2, 0) is 0 Å². The summed E-state index contributed by atoms with van der Waals surface area (Å²) in [4.78, 5) is 4.73. The summed E-state index contributed by atoms with van der Waals surface area (Å²) in [5, 5.41) is 3.51. The first-order chi connectivity index (χ1) is 11.2. The zero-order valence-corrected chi connectivity index (χ0v) is 13.1. The Kier molecular flexibility index (Phi) is 3.15.